The summed E-state index contributed by atoms with van der Waals surface area (Å²) in [6.07, 6.45) is 1.91. The number of nitrogens with zero attached hydrogens (tertiary/aromatic N) is 3. The summed E-state index contributed by atoms with van der Waals surface area (Å²) >= 11 is 6.30. The molecule has 1 atom stereocenters. The maximum absolute atomic E-state index is 14.5. The molecule has 0 saturated carbocycles. The van der Waals surface area contributed by atoms with Crippen molar-refractivity contribution in [2.45, 2.75) is 103 Å². The molecule has 0 bridgehead atoms. The molecule has 2 aromatic rings. The van der Waals surface area contributed by atoms with E-state index >= 15 is 0 Å². The molecule has 2 aromatic carbocycles. The predicted molar refractivity (Wildman–Crippen MR) is 196 cm³/mol. The lowest BCUT2D eigenvalue weighted by Gasteiger charge is -2.41. The minimum Gasteiger partial charge on any atom is -0.459 e. The van der Waals surface area contributed by atoms with Gasteiger partial charge in [0.25, 0.3) is 15.9 Å². The van der Waals surface area contributed by atoms with Gasteiger partial charge in [0.1, 0.15) is 23.8 Å². The van der Waals surface area contributed by atoms with E-state index in [1.165, 1.54) is 11.0 Å². The molecule has 4 rings (SSSR count). The number of sulfonamides is 1. The van der Waals surface area contributed by atoms with Gasteiger partial charge in [-0.05, 0) is 129 Å². The number of rotatable bonds is 11. The maximum atomic E-state index is 14.5. The normalized spacial score (nSPS) is 17.6. The molecule has 14 heteroatoms. The molecule has 2 heterocycles. The van der Waals surface area contributed by atoms with E-state index in [0.717, 1.165) is 30.2 Å². The summed E-state index contributed by atoms with van der Waals surface area (Å²) in [5, 5.41) is 3.29. The third-order valence-corrected chi connectivity index (χ3v) is 11.0. The molecule has 2 aliphatic heterocycles. The summed E-state index contributed by atoms with van der Waals surface area (Å²) in [5.74, 6) is -1.84. The summed E-state index contributed by atoms with van der Waals surface area (Å²) in [7, 11) is -4.42. The monoisotopic (exact) mass is 746 g/mol. The lowest BCUT2D eigenvalue weighted by Crippen LogP contribution is -2.58. The number of piperidine rings is 1. The highest BCUT2D eigenvalue weighted by Crippen LogP contribution is 2.41. The van der Waals surface area contributed by atoms with Crippen LogP contribution in [-0.4, -0.2) is 87.0 Å². The number of fused-ring (bicyclic) bond motifs is 1. The SMILES string of the molecule is Cc1cc(S(=O)(=O)N2c3ccccc3N(CC(=O)OC(C)(C)C)C(=O)[C@H]2CC(=O)NCCC2CCN(CC(=O)OC(C)(C)C)CC2)c(C)cc1Cl. The number of likely N-dealkylation sites (tertiary alicyclic amines) is 1. The van der Waals surface area contributed by atoms with Crippen molar-refractivity contribution in [3.63, 3.8) is 0 Å². The predicted octanol–water partition coefficient (Wildman–Crippen LogP) is 5.16. The zero-order valence-corrected chi connectivity index (χ0v) is 32.4. The highest BCUT2D eigenvalue weighted by molar-refractivity contribution is 7.93. The van der Waals surface area contributed by atoms with Gasteiger partial charge in [0.05, 0.1) is 29.2 Å². The van der Waals surface area contributed by atoms with E-state index in [1.54, 1.807) is 65.0 Å². The standard InChI is InChI=1S/C37H51ClN4O8S/c1-24-20-31(25(2)19-27(24)38)51(47,48)42-29-12-10-9-11-28(29)41(23-34(45)50-37(6,7)8)35(46)30(42)21-32(43)39-16-13-26-14-17-40(18-15-26)22-33(44)49-36(3,4)5/h9-12,19-20,26,30H,13-18,21-23H2,1-8H3,(H,39,43)/t30-/m1/s1. The van der Waals surface area contributed by atoms with E-state index in [1.807, 2.05) is 20.8 Å². The van der Waals surface area contributed by atoms with Crippen LogP contribution in [-0.2, 0) is 38.7 Å². The third-order valence-electron chi connectivity index (χ3n) is 8.68. The van der Waals surface area contributed by atoms with E-state index in [2.05, 4.69) is 10.2 Å². The Kier molecular flexibility index (Phi) is 12.5. The fourth-order valence-electron chi connectivity index (χ4n) is 6.37. The van der Waals surface area contributed by atoms with Gasteiger partial charge in [0.2, 0.25) is 5.91 Å². The van der Waals surface area contributed by atoms with Crippen LogP contribution in [0.15, 0.2) is 41.3 Å². The summed E-state index contributed by atoms with van der Waals surface area (Å²) < 4.78 is 41.0. The molecule has 0 aliphatic carbocycles. The smallest absolute Gasteiger partial charge is 0.326 e. The van der Waals surface area contributed by atoms with E-state index in [-0.39, 0.29) is 28.8 Å². The van der Waals surface area contributed by atoms with Crippen LogP contribution in [0.5, 0.6) is 0 Å². The Hall–Kier alpha value is -3.68. The largest absolute Gasteiger partial charge is 0.459 e. The molecule has 12 nitrogen and oxygen atoms in total. The van der Waals surface area contributed by atoms with Gasteiger partial charge in [-0.25, -0.2) is 8.42 Å². The maximum Gasteiger partial charge on any atom is 0.326 e. The lowest BCUT2D eigenvalue weighted by atomic mass is 9.93. The van der Waals surface area contributed by atoms with Crippen molar-refractivity contribution in [2.75, 3.05) is 41.9 Å². The highest BCUT2D eigenvalue weighted by Gasteiger charge is 2.46. The highest BCUT2D eigenvalue weighted by atomic mass is 35.5. The van der Waals surface area contributed by atoms with Crippen LogP contribution in [0.2, 0.25) is 5.02 Å². The van der Waals surface area contributed by atoms with Crippen molar-refractivity contribution in [1.82, 2.24) is 10.2 Å². The van der Waals surface area contributed by atoms with E-state index in [4.69, 9.17) is 21.1 Å². The van der Waals surface area contributed by atoms with Crippen LogP contribution in [0.25, 0.3) is 0 Å². The Morgan fingerprint density at radius 1 is 0.882 bits per heavy atom. The van der Waals surface area contributed by atoms with Crippen LogP contribution >= 0.6 is 11.6 Å². The van der Waals surface area contributed by atoms with Crippen LogP contribution in [0.3, 0.4) is 0 Å². The zero-order chi connectivity index (χ0) is 37.9. The number of aryl methyl sites for hydroxylation is 2. The second kappa shape index (κ2) is 15.9. The van der Waals surface area contributed by atoms with Gasteiger partial charge >= 0.3 is 11.9 Å². The number of amides is 2. The second-order valence-corrected chi connectivity index (χ2v) is 17.5. The number of anilines is 2. The molecule has 0 aromatic heterocycles. The number of benzene rings is 2. The first kappa shape index (κ1) is 40.1. The van der Waals surface area contributed by atoms with E-state index in [9.17, 15) is 27.6 Å². The quantitative estimate of drug-likeness (QED) is 0.309. The molecule has 0 radical (unpaired) electrons. The molecule has 1 N–H and O–H groups in total. The Balaban J connectivity index is 1.53. The molecule has 1 fully saturated rings. The summed E-state index contributed by atoms with van der Waals surface area (Å²) in [6, 6.07) is 7.93. The zero-order valence-electron chi connectivity index (χ0n) is 30.9. The van der Waals surface area contributed by atoms with Gasteiger partial charge in [-0.3, -0.25) is 33.3 Å². The molecular formula is C37H51ClN4O8S. The number of carbonyl (C=O) groups excluding carboxylic acids is 4. The van der Waals surface area contributed by atoms with Gasteiger partial charge in [0, 0.05) is 11.6 Å². The topological polar surface area (TPSA) is 143 Å². The number of carbonyl (C=O) groups is 4. The van der Waals surface area contributed by atoms with Gasteiger partial charge in [0.15, 0.2) is 0 Å². The fraction of sp³-hybridized carbons (Fsp3) is 0.568. The van der Waals surface area contributed by atoms with Gasteiger partial charge in [-0.1, -0.05) is 23.7 Å². The number of hydrogen-bond donors (Lipinski definition) is 1. The van der Waals surface area contributed by atoms with Crippen molar-refractivity contribution in [2.24, 2.45) is 5.92 Å². The first-order valence-corrected chi connectivity index (χ1v) is 19.1. The first-order chi connectivity index (χ1) is 23.7. The Bertz CT molecular complexity index is 1740. The second-order valence-electron chi connectivity index (χ2n) is 15.3. The fourth-order valence-corrected chi connectivity index (χ4v) is 8.50. The van der Waals surface area contributed by atoms with Crippen molar-refractivity contribution in [3.05, 3.63) is 52.5 Å². The minimum atomic E-state index is -4.42. The number of halogens is 1. The molecule has 2 amide bonds. The molecule has 0 unspecified atom stereocenters. The molecular weight excluding hydrogens is 696 g/mol. The van der Waals surface area contributed by atoms with Gasteiger partial charge < -0.3 is 14.8 Å². The van der Waals surface area contributed by atoms with Crippen molar-refractivity contribution in [3.8, 4) is 0 Å². The molecule has 1 saturated heterocycles. The lowest BCUT2D eigenvalue weighted by molar-refractivity contribution is -0.156. The molecule has 2 aliphatic rings. The van der Waals surface area contributed by atoms with Crippen LogP contribution in [0.1, 0.15) is 78.4 Å². The molecule has 0 spiro atoms. The summed E-state index contributed by atoms with van der Waals surface area (Å²) in [6.45, 7) is 15.5. The number of nitrogens with one attached hydrogen (secondary N) is 1. The number of esters is 2. The first-order valence-electron chi connectivity index (χ1n) is 17.3. The number of hydrogen-bond acceptors (Lipinski definition) is 9. The summed E-state index contributed by atoms with van der Waals surface area (Å²) in [5.41, 5.74) is -0.0763. The Labute approximate surface area is 306 Å². The Morgan fingerprint density at radius 3 is 2.04 bits per heavy atom. The average Bonchev–Trinajstić information content (AvgIpc) is 3.00. The number of ether oxygens (including phenoxy) is 2. The third kappa shape index (κ3) is 10.4. The Morgan fingerprint density at radius 2 is 1.45 bits per heavy atom. The molecule has 280 valence electrons. The van der Waals surface area contributed by atoms with Crippen LogP contribution in [0, 0.1) is 19.8 Å². The van der Waals surface area contributed by atoms with Crippen molar-refractivity contribution in [1.29, 1.82) is 0 Å². The number of para-hydroxylation sites is 2. The van der Waals surface area contributed by atoms with Gasteiger partial charge in [-0.15, -0.1) is 0 Å². The van der Waals surface area contributed by atoms with Crippen molar-refractivity contribution >= 4 is 56.8 Å². The van der Waals surface area contributed by atoms with E-state index in [0.29, 0.717) is 35.0 Å². The van der Waals surface area contributed by atoms with Crippen LogP contribution < -0.4 is 14.5 Å². The van der Waals surface area contributed by atoms with Crippen molar-refractivity contribution < 1.29 is 37.1 Å². The van der Waals surface area contributed by atoms with E-state index < -0.39 is 58.0 Å². The minimum absolute atomic E-state index is 0.0454. The summed E-state index contributed by atoms with van der Waals surface area (Å²) in [4.78, 5) is 56.2. The average molecular weight is 747 g/mol. The van der Waals surface area contributed by atoms with Crippen LogP contribution in [0.4, 0.5) is 11.4 Å². The molecule has 51 heavy (non-hydrogen) atoms. The van der Waals surface area contributed by atoms with Gasteiger partial charge in [-0.2, -0.15) is 0 Å².